The largest absolute Gasteiger partial charge is 0.401 e. The molecule has 0 unspecified atom stereocenters. The number of hydrogen-bond acceptors (Lipinski definition) is 3. The first-order chi connectivity index (χ1) is 7.47. The Morgan fingerprint density at radius 2 is 1.94 bits per heavy atom. The third-order valence-electron chi connectivity index (χ3n) is 2.94. The van der Waals surface area contributed by atoms with Gasteiger partial charge in [-0.2, -0.15) is 13.2 Å². The molecule has 0 aromatic carbocycles. The molecule has 1 heterocycles. The molecule has 1 rings (SSSR count). The second kappa shape index (κ2) is 5.84. The standard InChI is InChI=1S/C10H19F3N2O/c1-16-8-9(2-4-14-5-3-9)6-15-7-10(11,12)13/h14-15H,2-8H2,1H3. The zero-order chi connectivity index (χ0) is 12.1. The van der Waals surface area contributed by atoms with Crippen molar-refractivity contribution in [2.75, 3.05) is 39.9 Å². The predicted octanol–water partition coefficient (Wildman–Crippen LogP) is 1.15. The van der Waals surface area contributed by atoms with Crippen molar-refractivity contribution < 1.29 is 17.9 Å². The number of halogens is 3. The van der Waals surface area contributed by atoms with Gasteiger partial charge in [0.25, 0.3) is 0 Å². The van der Waals surface area contributed by atoms with Crippen molar-refractivity contribution in [3.8, 4) is 0 Å². The molecular weight excluding hydrogens is 221 g/mol. The van der Waals surface area contributed by atoms with Gasteiger partial charge in [-0.25, -0.2) is 0 Å². The van der Waals surface area contributed by atoms with Gasteiger partial charge in [-0.15, -0.1) is 0 Å². The summed E-state index contributed by atoms with van der Waals surface area (Å²) in [6.45, 7) is 1.64. The minimum atomic E-state index is -4.14. The second-order valence-corrected chi connectivity index (χ2v) is 4.40. The summed E-state index contributed by atoms with van der Waals surface area (Å²) in [7, 11) is 1.59. The van der Waals surface area contributed by atoms with Gasteiger partial charge < -0.3 is 15.4 Å². The molecule has 1 aliphatic rings. The van der Waals surface area contributed by atoms with E-state index in [1.54, 1.807) is 7.11 Å². The van der Waals surface area contributed by atoms with E-state index in [1.807, 2.05) is 0 Å². The van der Waals surface area contributed by atoms with E-state index in [1.165, 1.54) is 0 Å². The summed E-state index contributed by atoms with van der Waals surface area (Å²) in [5.41, 5.74) is -0.148. The van der Waals surface area contributed by atoms with E-state index < -0.39 is 12.7 Å². The average Bonchev–Trinajstić information content (AvgIpc) is 2.17. The third-order valence-corrected chi connectivity index (χ3v) is 2.94. The maximum Gasteiger partial charge on any atom is 0.401 e. The van der Waals surface area contributed by atoms with Gasteiger partial charge in [-0.1, -0.05) is 0 Å². The lowest BCUT2D eigenvalue weighted by molar-refractivity contribution is -0.126. The van der Waals surface area contributed by atoms with Crippen molar-refractivity contribution in [2.45, 2.75) is 19.0 Å². The molecule has 0 atom stereocenters. The summed E-state index contributed by atoms with van der Waals surface area (Å²) < 4.78 is 41.2. The highest BCUT2D eigenvalue weighted by Crippen LogP contribution is 2.28. The molecule has 6 heteroatoms. The maximum atomic E-state index is 12.0. The van der Waals surface area contributed by atoms with Crippen LogP contribution in [-0.4, -0.2) is 46.1 Å². The Balaban J connectivity index is 2.38. The molecule has 0 radical (unpaired) electrons. The fraction of sp³-hybridized carbons (Fsp3) is 1.00. The van der Waals surface area contributed by atoms with Crippen LogP contribution in [0.5, 0.6) is 0 Å². The van der Waals surface area contributed by atoms with Crippen LogP contribution in [0, 0.1) is 5.41 Å². The Bertz CT molecular complexity index is 197. The first-order valence-corrected chi connectivity index (χ1v) is 5.45. The fourth-order valence-corrected chi connectivity index (χ4v) is 2.10. The monoisotopic (exact) mass is 240 g/mol. The van der Waals surface area contributed by atoms with Gasteiger partial charge in [0.1, 0.15) is 0 Å². The maximum absolute atomic E-state index is 12.0. The lowest BCUT2D eigenvalue weighted by Crippen LogP contribution is -2.47. The number of nitrogens with one attached hydrogen (secondary N) is 2. The van der Waals surface area contributed by atoms with Crippen LogP contribution in [0.4, 0.5) is 13.2 Å². The second-order valence-electron chi connectivity index (χ2n) is 4.40. The third kappa shape index (κ3) is 4.67. The molecule has 2 N–H and O–H groups in total. The Kier molecular flexibility index (Phi) is 5.01. The van der Waals surface area contributed by atoms with E-state index in [2.05, 4.69) is 10.6 Å². The molecule has 1 saturated heterocycles. The Labute approximate surface area is 93.7 Å². The minimum absolute atomic E-state index is 0.148. The summed E-state index contributed by atoms with van der Waals surface area (Å²) in [6, 6.07) is 0. The highest BCUT2D eigenvalue weighted by Gasteiger charge is 2.34. The smallest absolute Gasteiger partial charge is 0.384 e. The number of alkyl halides is 3. The lowest BCUT2D eigenvalue weighted by Gasteiger charge is -2.37. The van der Waals surface area contributed by atoms with Crippen molar-refractivity contribution >= 4 is 0 Å². The topological polar surface area (TPSA) is 33.3 Å². The molecule has 0 aromatic rings. The van der Waals surface area contributed by atoms with Gasteiger partial charge in [0.15, 0.2) is 0 Å². The number of rotatable bonds is 5. The fourth-order valence-electron chi connectivity index (χ4n) is 2.10. The van der Waals surface area contributed by atoms with E-state index in [9.17, 15) is 13.2 Å². The van der Waals surface area contributed by atoms with E-state index in [0.29, 0.717) is 13.2 Å². The summed E-state index contributed by atoms with van der Waals surface area (Å²) in [5, 5.41) is 5.69. The van der Waals surface area contributed by atoms with Crippen molar-refractivity contribution in [1.82, 2.24) is 10.6 Å². The highest BCUT2D eigenvalue weighted by molar-refractivity contribution is 4.86. The normalized spacial score (nSPS) is 21.0. The van der Waals surface area contributed by atoms with Crippen LogP contribution in [0.2, 0.25) is 0 Å². The van der Waals surface area contributed by atoms with Gasteiger partial charge in [-0.05, 0) is 25.9 Å². The minimum Gasteiger partial charge on any atom is -0.384 e. The van der Waals surface area contributed by atoms with Crippen LogP contribution in [0.1, 0.15) is 12.8 Å². The number of hydrogen-bond donors (Lipinski definition) is 2. The summed E-state index contributed by atoms with van der Waals surface area (Å²) in [4.78, 5) is 0. The quantitative estimate of drug-likeness (QED) is 0.756. The van der Waals surface area contributed by atoms with Crippen molar-refractivity contribution in [3.05, 3.63) is 0 Å². The Morgan fingerprint density at radius 3 is 2.44 bits per heavy atom. The highest BCUT2D eigenvalue weighted by atomic mass is 19.4. The zero-order valence-electron chi connectivity index (χ0n) is 9.49. The molecule has 1 aliphatic heterocycles. The van der Waals surface area contributed by atoms with E-state index in [0.717, 1.165) is 25.9 Å². The molecule has 0 spiro atoms. The van der Waals surface area contributed by atoms with Crippen molar-refractivity contribution in [1.29, 1.82) is 0 Å². The molecule has 3 nitrogen and oxygen atoms in total. The molecule has 1 fully saturated rings. The summed E-state index contributed by atoms with van der Waals surface area (Å²) in [5.74, 6) is 0. The molecule has 0 aliphatic carbocycles. The van der Waals surface area contributed by atoms with Crippen LogP contribution < -0.4 is 10.6 Å². The summed E-state index contributed by atoms with van der Waals surface area (Å²) in [6.07, 6.45) is -2.43. The molecule has 0 amide bonds. The average molecular weight is 240 g/mol. The zero-order valence-corrected chi connectivity index (χ0v) is 9.49. The van der Waals surface area contributed by atoms with Crippen LogP contribution in [-0.2, 0) is 4.74 Å². The van der Waals surface area contributed by atoms with Gasteiger partial charge in [0, 0.05) is 19.1 Å². The van der Waals surface area contributed by atoms with E-state index >= 15 is 0 Å². The van der Waals surface area contributed by atoms with E-state index in [-0.39, 0.29) is 5.41 Å². The SMILES string of the molecule is COCC1(CNCC(F)(F)F)CCNCC1. The van der Waals surface area contributed by atoms with Crippen molar-refractivity contribution in [2.24, 2.45) is 5.41 Å². The number of methoxy groups -OCH3 is 1. The predicted molar refractivity (Wildman–Crippen MR) is 55.3 cm³/mol. The van der Waals surface area contributed by atoms with Crippen LogP contribution >= 0.6 is 0 Å². The van der Waals surface area contributed by atoms with Crippen LogP contribution in [0.25, 0.3) is 0 Å². The lowest BCUT2D eigenvalue weighted by atomic mass is 9.79. The van der Waals surface area contributed by atoms with Gasteiger partial charge in [0.2, 0.25) is 0 Å². The first-order valence-electron chi connectivity index (χ1n) is 5.45. The van der Waals surface area contributed by atoms with Gasteiger partial charge in [0.05, 0.1) is 13.2 Å². The number of piperidine rings is 1. The van der Waals surface area contributed by atoms with Crippen LogP contribution in [0.15, 0.2) is 0 Å². The van der Waals surface area contributed by atoms with Crippen molar-refractivity contribution in [3.63, 3.8) is 0 Å². The van der Waals surface area contributed by atoms with Gasteiger partial charge >= 0.3 is 6.18 Å². The molecule has 0 saturated carbocycles. The molecule has 16 heavy (non-hydrogen) atoms. The molecule has 0 bridgehead atoms. The molecular formula is C10H19F3N2O. The van der Waals surface area contributed by atoms with Gasteiger partial charge in [-0.3, -0.25) is 0 Å². The molecule has 96 valence electrons. The van der Waals surface area contributed by atoms with Crippen LogP contribution in [0.3, 0.4) is 0 Å². The number of ether oxygens (including phenoxy) is 1. The Hall–Kier alpha value is -0.330. The first kappa shape index (κ1) is 13.7. The van der Waals surface area contributed by atoms with E-state index in [4.69, 9.17) is 4.74 Å². The molecule has 0 aromatic heterocycles. The summed E-state index contributed by atoms with van der Waals surface area (Å²) >= 11 is 0. The Morgan fingerprint density at radius 1 is 1.31 bits per heavy atom.